The molecule has 0 saturated heterocycles. The highest BCUT2D eigenvalue weighted by molar-refractivity contribution is 6.31. The molecule has 2 unspecified atom stereocenters. The normalized spacial score (nSPS) is 18.7. The molecule has 0 fully saturated rings. The van der Waals surface area contributed by atoms with Crippen molar-refractivity contribution in [3.8, 4) is 11.5 Å². The largest absolute Gasteiger partial charge is 0.507 e. The monoisotopic (exact) mass is 411 g/mol. The van der Waals surface area contributed by atoms with Gasteiger partial charge in [0.05, 0.1) is 23.3 Å². The van der Waals surface area contributed by atoms with Crippen molar-refractivity contribution in [1.29, 1.82) is 0 Å². The number of aromatic hydroxyl groups is 1. The van der Waals surface area contributed by atoms with Crippen molar-refractivity contribution < 1.29 is 19.6 Å². The van der Waals surface area contributed by atoms with E-state index in [2.05, 4.69) is 5.32 Å². The van der Waals surface area contributed by atoms with Gasteiger partial charge in [0.1, 0.15) is 23.4 Å². The van der Waals surface area contributed by atoms with Crippen LogP contribution in [0, 0.1) is 5.82 Å². The minimum Gasteiger partial charge on any atom is -0.507 e. The number of rotatable bonds is 4. The van der Waals surface area contributed by atoms with Gasteiger partial charge in [-0.3, -0.25) is 0 Å². The number of quaternary nitrogens is 1. The molecule has 148 valence electrons. The minimum atomic E-state index is -0.463. The van der Waals surface area contributed by atoms with E-state index in [1.807, 2.05) is 47.8 Å². The van der Waals surface area contributed by atoms with Crippen molar-refractivity contribution in [2.24, 2.45) is 0 Å². The Hall–Kier alpha value is -3.02. The van der Waals surface area contributed by atoms with Crippen LogP contribution in [0.5, 0.6) is 11.5 Å². The van der Waals surface area contributed by atoms with Gasteiger partial charge in [0.25, 0.3) is 0 Å². The number of hydrogen-bond donors (Lipinski definition) is 3. The fourth-order valence-electron chi connectivity index (χ4n) is 3.60. The minimum absolute atomic E-state index is 0.194. The van der Waals surface area contributed by atoms with E-state index in [0.29, 0.717) is 10.6 Å². The fraction of sp³-hybridized carbons (Fsp3) is 0.130. The molecule has 0 saturated carbocycles. The predicted octanol–water partition coefficient (Wildman–Crippen LogP) is 4.14. The van der Waals surface area contributed by atoms with Crippen molar-refractivity contribution in [2.45, 2.75) is 12.2 Å². The Morgan fingerprint density at radius 3 is 2.48 bits per heavy atom. The highest BCUT2D eigenvalue weighted by Gasteiger charge is 2.32. The molecule has 0 amide bonds. The summed E-state index contributed by atoms with van der Waals surface area (Å²) < 4.78 is 19.9. The number of benzene rings is 3. The lowest BCUT2D eigenvalue weighted by atomic mass is 9.97. The van der Waals surface area contributed by atoms with E-state index in [1.165, 1.54) is 6.07 Å². The second-order valence-corrected chi connectivity index (χ2v) is 7.25. The van der Waals surface area contributed by atoms with Crippen molar-refractivity contribution in [3.05, 3.63) is 100 Å². The number of phenols is 1. The van der Waals surface area contributed by atoms with Gasteiger partial charge in [0, 0.05) is 11.8 Å². The topological polar surface area (TPSA) is 58.1 Å². The smallest absolute Gasteiger partial charge is 0.190 e. The molecule has 1 aliphatic rings. The second-order valence-electron chi connectivity index (χ2n) is 6.84. The molecule has 0 spiro atoms. The van der Waals surface area contributed by atoms with Gasteiger partial charge in [-0.05, 0) is 54.1 Å². The van der Waals surface area contributed by atoms with Crippen LogP contribution in [-0.4, -0.2) is 12.2 Å². The van der Waals surface area contributed by atoms with Crippen LogP contribution in [-0.2, 0) is 0 Å². The molecular weight excluding hydrogens is 391 g/mol. The second kappa shape index (κ2) is 8.15. The van der Waals surface area contributed by atoms with Gasteiger partial charge in [-0.15, -0.1) is 0 Å². The van der Waals surface area contributed by atoms with E-state index in [1.54, 1.807) is 31.4 Å². The molecule has 0 aliphatic carbocycles. The summed E-state index contributed by atoms with van der Waals surface area (Å²) in [6.07, 6.45) is 1.55. The Morgan fingerprint density at radius 2 is 1.79 bits per heavy atom. The molecule has 3 aromatic carbocycles. The first kappa shape index (κ1) is 19.3. The summed E-state index contributed by atoms with van der Waals surface area (Å²) >= 11 is 6.34. The quantitative estimate of drug-likeness (QED) is 0.604. The van der Waals surface area contributed by atoms with E-state index >= 15 is 0 Å². The van der Waals surface area contributed by atoms with Gasteiger partial charge in [-0.2, -0.15) is 0 Å². The molecule has 0 radical (unpaired) electrons. The van der Waals surface area contributed by atoms with Gasteiger partial charge in [0.2, 0.25) is 0 Å². The van der Waals surface area contributed by atoms with Gasteiger partial charge in [0.15, 0.2) is 6.17 Å². The first-order valence-corrected chi connectivity index (χ1v) is 9.64. The summed E-state index contributed by atoms with van der Waals surface area (Å²) in [5.74, 6) is 0.570. The molecule has 1 aliphatic heterocycles. The Balaban J connectivity index is 1.79. The molecule has 29 heavy (non-hydrogen) atoms. The summed E-state index contributed by atoms with van der Waals surface area (Å²) in [7, 11) is 1.62. The van der Waals surface area contributed by atoms with Crippen LogP contribution in [0.15, 0.2) is 72.8 Å². The Bertz CT molecular complexity index is 1030. The average Bonchev–Trinajstić information content (AvgIpc) is 2.74. The van der Waals surface area contributed by atoms with Crippen LogP contribution in [0.25, 0.3) is 5.70 Å². The van der Waals surface area contributed by atoms with E-state index in [4.69, 9.17) is 16.3 Å². The van der Waals surface area contributed by atoms with Gasteiger partial charge in [-0.25, -0.2) is 4.39 Å². The summed E-state index contributed by atoms with van der Waals surface area (Å²) in [6, 6.07) is 19.2. The number of para-hydroxylation sites is 1. The maximum Gasteiger partial charge on any atom is 0.190 e. The van der Waals surface area contributed by atoms with Crippen LogP contribution in [0.4, 0.5) is 4.39 Å². The van der Waals surface area contributed by atoms with Crippen LogP contribution >= 0.6 is 11.6 Å². The molecule has 0 bridgehead atoms. The van der Waals surface area contributed by atoms with Crippen molar-refractivity contribution >= 4 is 17.3 Å². The van der Waals surface area contributed by atoms with E-state index in [-0.39, 0.29) is 17.6 Å². The summed E-state index contributed by atoms with van der Waals surface area (Å²) in [4.78, 5) is 0. The lowest BCUT2D eigenvalue weighted by Crippen LogP contribution is -2.90. The van der Waals surface area contributed by atoms with Crippen LogP contribution in [0.1, 0.15) is 28.9 Å². The number of phenolic OH excluding ortho intramolecular Hbond substituents is 1. The highest BCUT2D eigenvalue weighted by atomic mass is 35.5. The zero-order valence-corrected chi connectivity index (χ0v) is 16.5. The van der Waals surface area contributed by atoms with Gasteiger partial charge in [-0.1, -0.05) is 29.8 Å². The lowest BCUT2D eigenvalue weighted by molar-refractivity contribution is -0.731. The molecule has 2 atom stereocenters. The Labute approximate surface area is 173 Å². The highest BCUT2D eigenvalue weighted by Crippen LogP contribution is 2.31. The number of halogens is 2. The first-order valence-electron chi connectivity index (χ1n) is 9.26. The third kappa shape index (κ3) is 3.92. The number of ether oxygens (including phenoxy) is 1. The maximum atomic E-state index is 14.6. The molecule has 4 rings (SSSR count). The van der Waals surface area contributed by atoms with Crippen LogP contribution in [0.2, 0.25) is 5.02 Å². The molecule has 3 aromatic rings. The molecule has 1 heterocycles. The number of methoxy groups -OCH3 is 1. The SMILES string of the molecule is COc1ccc(C2=CC(c3ccccc3O)[NH2+]C(c3c(F)cccc3Cl)N2)cc1. The number of hydrogen-bond acceptors (Lipinski definition) is 3. The summed E-state index contributed by atoms with van der Waals surface area (Å²) in [5.41, 5.74) is 2.88. The molecule has 0 aromatic heterocycles. The average molecular weight is 412 g/mol. The zero-order valence-electron chi connectivity index (χ0n) is 15.8. The van der Waals surface area contributed by atoms with Crippen molar-refractivity contribution in [2.75, 3.05) is 7.11 Å². The number of nitrogens with one attached hydrogen (secondary N) is 1. The van der Waals surface area contributed by atoms with Crippen LogP contribution in [0.3, 0.4) is 0 Å². The maximum absolute atomic E-state index is 14.6. The summed E-state index contributed by atoms with van der Waals surface area (Å²) in [5, 5.41) is 16.1. The van der Waals surface area contributed by atoms with Gasteiger partial charge >= 0.3 is 0 Å². The Kier molecular flexibility index (Phi) is 5.43. The first-order chi connectivity index (χ1) is 14.1. The lowest BCUT2D eigenvalue weighted by Gasteiger charge is -2.30. The third-order valence-electron chi connectivity index (χ3n) is 5.06. The standard InChI is InChI=1S/C23H20ClFN2O2/c1-29-15-11-9-14(10-12-15)19-13-20(16-5-2-3-8-21(16)28)27-23(26-19)22-17(24)6-4-7-18(22)25/h2-13,20,23,26-28H,1H3/p+1. The predicted molar refractivity (Wildman–Crippen MR) is 111 cm³/mol. The van der Waals surface area contributed by atoms with Crippen LogP contribution < -0.4 is 15.4 Å². The van der Waals surface area contributed by atoms with E-state index in [9.17, 15) is 9.50 Å². The summed E-state index contributed by atoms with van der Waals surface area (Å²) in [6.45, 7) is 0. The third-order valence-corrected chi connectivity index (χ3v) is 5.39. The van der Waals surface area contributed by atoms with E-state index < -0.39 is 6.17 Å². The van der Waals surface area contributed by atoms with Gasteiger partial charge < -0.3 is 20.5 Å². The number of nitrogens with two attached hydrogens (primary N) is 1. The molecule has 4 nitrogen and oxygen atoms in total. The Morgan fingerprint density at radius 1 is 1.03 bits per heavy atom. The fourth-order valence-corrected chi connectivity index (χ4v) is 3.88. The zero-order chi connectivity index (χ0) is 20.4. The van der Waals surface area contributed by atoms with Crippen molar-refractivity contribution in [1.82, 2.24) is 5.32 Å². The van der Waals surface area contributed by atoms with Crippen molar-refractivity contribution in [3.63, 3.8) is 0 Å². The molecular formula is C23H21ClFN2O2+. The van der Waals surface area contributed by atoms with E-state index in [0.717, 1.165) is 22.6 Å². The molecule has 6 heteroatoms. The molecule has 4 N–H and O–H groups in total.